The summed E-state index contributed by atoms with van der Waals surface area (Å²) in [6, 6.07) is 3.08. The average molecular weight is 197 g/mol. The Kier molecular flexibility index (Phi) is 4.04. The number of rotatable bonds is 6. The predicted molar refractivity (Wildman–Crippen MR) is 53.7 cm³/mol. The number of hydrogen-bond acceptors (Lipinski definition) is 3. The number of carbonyl (C=O) groups is 1. The van der Waals surface area contributed by atoms with E-state index in [-0.39, 0.29) is 5.76 Å². The molecule has 1 rings (SSSR count). The fourth-order valence-corrected chi connectivity index (χ4v) is 1.13. The molecule has 4 nitrogen and oxygen atoms in total. The molecule has 1 aromatic rings. The first kappa shape index (κ1) is 10.6. The molecule has 0 amide bonds. The van der Waals surface area contributed by atoms with Gasteiger partial charge >= 0.3 is 5.97 Å². The molecular weight excluding hydrogens is 182 g/mol. The van der Waals surface area contributed by atoms with E-state index in [0.717, 1.165) is 13.0 Å². The van der Waals surface area contributed by atoms with Crippen molar-refractivity contribution in [3.63, 3.8) is 0 Å². The van der Waals surface area contributed by atoms with Crippen molar-refractivity contribution in [2.75, 3.05) is 11.9 Å². The molecule has 1 heterocycles. The van der Waals surface area contributed by atoms with Crippen LogP contribution >= 0.6 is 0 Å². The smallest absolute Gasteiger partial charge is 0.371 e. The Balaban J connectivity index is 2.33. The lowest BCUT2D eigenvalue weighted by molar-refractivity contribution is 0.0663. The van der Waals surface area contributed by atoms with E-state index in [1.807, 2.05) is 0 Å². The van der Waals surface area contributed by atoms with Crippen LogP contribution in [0.3, 0.4) is 0 Å². The summed E-state index contributed by atoms with van der Waals surface area (Å²) >= 11 is 0. The molecule has 4 heteroatoms. The average Bonchev–Trinajstić information content (AvgIpc) is 2.61. The van der Waals surface area contributed by atoms with Gasteiger partial charge in [0.25, 0.3) is 0 Å². The lowest BCUT2D eigenvalue weighted by atomic mass is 10.2. The third-order valence-corrected chi connectivity index (χ3v) is 1.90. The minimum atomic E-state index is -1.04. The topological polar surface area (TPSA) is 62.5 Å². The monoisotopic (exact) mass is 197 g/mol. The Morgan fingerprint density at radius 2 is 2.29 bits per heavy atom. The highest BCUT2D eigenvalue weighted by Crippen LogP contribution is 2.13. The van der Waals surface area contributed by atoms with Crippen LogP contribution in [0.1, 0.15) is 36.7 Å². The summed E-state index contributed by atoms with van der Waals surface area (Å²) in [5.41, 5.74) is 0. The highest BCUT2D eigenvalue weighted by atomic mass is 16.4. The molecule has 0 saturated heterocycles. The molecule has 2 N–H and O–H groups in total. The van der Waals surface area contributed by atoms with Gasteiger partial charge in [0.1, 0.15) is 0 Å². The standard InChI is InChI=1S/C10H15NO3/c1-2-3-4-7-11-9-6-5-8(14-9)10(12)13/h5-6,11H,2-4,7H2,1H3,(H,12,13). The Bertz CT molecular complexity index is 293. The lowest BCUT2D eigenvalue weighted by Gasteiger charge is -2.00. The largest absolute Gasteiger partial charge is 0.475 e. The van der Waals surface area contributed by atoms with Crippen LogP contribution < -0.4 is 5.32 Å². The van der Waals surface area contributed by atoms with Gasteiger partial charge in [-0.05, 0) is 12.5 Å². The van der Waals surface area contributed by atoms with Crippen LogP contribution in [0, 0.1) is 0 Å². The van der Waals surface area contributed by atoms with Crippen LogP contribution in [0.4, 0.5) is 5.88 Å². The van der Waals surface area contributed by atoms with Crippen molar-refractivity contribution in [2.24, 2.45) is 0 Å². The van der Waals surface area contributed by atoms with Gasteiger partial charge in [0, 0.05) is 12.6 Å². The molecule has 0 aliphatic heterocycles. The van der Waals surface area contributed by atoms with Gasteiger partial charge in [0.15, 0.2) is 5.88 Å². The maximum atomic E-state index is 10.5. The maximum absolute atomic E-state index is 10.5. The molecule has 0 aliphatic carbocycles. The van der Waals surface area contributed by atoms with Crippen LogP contribution in [0.25, 0.3) is 0 Å². The molecule has 0 spiro atoms. The highest BCUT2D eigenvalue weighted by Gasteiger charge is 2.07. The number of carboxylic acid groups (broad SMARTS) is 1. The molecule has 0 unspecified atom stereocenters. The number of furan rings is 1. The zero-order chi connectivity index (χ0) is 10.4. The van der Waals surface area contributed by atoms with Gasteiger partial charge in [-0.1, -0.05) is 19.8 Å². The number of aromatic carboxylic acids is 1. The summed E-state index contributed by atoms with van der Waals surface area (Å²) in [5, 5.41) is 11.6. The fourth-order valence-electron chi connectivity index (χ4n) is 1.13. The van der Waals surface area contributed by atoms with Gasteiger partial charge in [0.2, 0.25) is 5.76 Å². The molecule has 0 atom stereocenters. The fraction of sp³-hybridized carbons (Fsp3) is 0.500. The Labute approximate surface area is 82.9 Å². The molecule has 0 aromatic carbocycles. The van der Waals surface area contributed by atoms with Crippen LogP contribution in [0.2, 0.25) is 0 Å². The van der Waals surface area contributed by atoms with Gasteiger partial charge in [-0.15, -0.1) is 0 Å². The molecule has 0 fully saturated rings. The van der Waals surface area contributed by atoms with Gasteiger partial charge in [-0.2, -0.15) is 0 Å². The van der Waals surface area contributed by atoms with E-state index in [1.54, 1.807) is 6.07 Å². The van der Waals surface area contributed by atoms with Crippen molar-refractivity contribution in [2.45, 2.75) is 26.2 Å². The normalized spacial score (nSPS) is 10.1. The van der Waals surface area contributed by atoms with E-state index in [2.05, 4.69) is 12.2 Å². The minimum absolute atomic E-state index is 0.0250. The molecule has 0 saturated carbocycles. The van der Waals surface area contributed by atoms with E-state index in [4.69, 9.17) is 9.52 Å². The summed E-state index contributed by atoms with van der Waals surface area (Å²) in [6.07, 6.45) is 3.40. The van der Waals surface area contributed by atoms with Crippen molar-refractivity contribution in [3.8, 4) is 0 Å². The molecule has 78 valence electrons. The van der Waals surface area contributed by atoms with Crippen LogP contribution in [-0.2, 0) is 0 Å². The third-order valence-electron chi connectivity index (χ3n) is 1.90. The summed E-state index contributed by atoms with van der Waals surface area (Å²) in [6.45, 7) is 2.95. The first-order chi connectivity index (χ1) is 6.74. The highest BCUT2D eigenvalue weighted by molar-refractivity contribution is 5.84. The summed E-state index contributed by atoms with van der Waals surface area (Å²) in [4.78, 5) is 10.5. The van der Waals surface area contributed by atoms with Crippen molar-refractivity contribution in [3.05, 3.63) is 17.9 Å². The SMILES string of the molecule is CCCCCNc1ccc(C(=O)O)o1. The molecule has 0 aliphatic rings. The molecule has 1 aromatic heterocycles. The van der Waals surface area contributed by atoms with Gasteiger partial charge < -0.3 is 14.8 Å². The Hall–Kier alpha value is -1.45. The van der Waals surface area contributed by atoms with E-state index in [1.165, 1.54) is 18.9 Å². The van der Waals surface area contributed by atoms with Crippen molar-refractivity contribution >= 4 is 11.9 Å². The summed E-state index contributed by atoms with van der Waals surface area (Å²) < 4.78 is 5.01. The molecule has 14 heavy (non-hydrogen) atoms. The van der Waals surface area contributed by atoms with Gasteiger partial charge in [-0.25, -0.2) is 4.79 Å². The Morgan fingerprint density at radius 3 is 2.86 bits per heavy atom. The van der Waals surface area contributed by atoms with E-state index in [0.29, 0.717) is 5.88 Å². The Morgan fingerprint density at radius 1 is 1.50 bits per heavy atom. The summed E-state index contributed by atoms with van der Waals surface area (Å²) in [5.74, 6) is -0.534. The quantitative estimate of drug-likeness (QED) is 0.688. The zero-order valence-electron chi connectivity index (χ0n) is 8.25. The second-order valence-electron chi connectivity index (χ2n) is 3.10. The first-order valence-corrected chi connectivity index (χ1v) is 4.81. The maximum Gasteiger partial charge on any atom is 0.371 e. The molecule has 0 bridgehead atoms. The number of nitrogens with one attached hydrogen (secondary N) is 1. The van der Waals surface area contributed by atoms with Gasteiger partial charge in [-0.3, -0.25) is 0 Å². The van der Waals surface area contributed by atoms with Crippen LogP contribution in [0.5, 0.6) is 0 Å². The number of carboxylic acids is 1. The number of hydrogen-bond donors (Lipinski definition) is 2. The number of anilines is 1. The van der Waals surface area contributed by atoms with Crippen LogP contribution in [0.15, 0.2) is 16.5 Å². The molecule has 0 radical (unpaired) electrons. The zero-order valence-corrected chi connectivity index (χ0v) is 8.25. The van der Waals surface area contributed by atoms with Crippen molar-refractivity contribution < 1.29 is 14.3 Å². The van der Waals surface area contributed by atoms with Crippen LogP contribution in [-0.4, -0.2) is 17.6 Å². The van der Waals surface area contributed by atoms with Gasteiger partial charge in [0.05, 0.1) is 0 Å². The minimum Gasteiger partial charge on any atom is -0.475 e. The van der Waals surface area contributed by atoms with E-state index < -0.39 is 5.97 Å². The van der Waals surface area contributed by atoms with E-state index in [9.17, 15) is 4.79 Å². The van der Waals surface area contributed by atoms with Crippen molar-refractivity contribution in [1.29, 1.82) is 0 Å². The third kappa shape index (κ3) is 3.12. The lowest BCUT2D eigenvalue weighted by Crippen LogP contribution is -2.00. The second kappa shape index (κ2) is 5.32. The first-order valence-electron chi connectivity index (χ1n) is 4.81. The molecular formula is C10H15NO3. The van der Waals surface area contributed by atoms with Crippen molar-refractivity contribution in [1.82, 2.24) is 0 Å². The second-order valence-corrected chi connectivity index (χ2v) is 3.10. The number of unbranched alkanes of at least 4 members (excludes halogenated alkanes) is 2. The predicted octanol–water partition coefficient (Wildman–Crippen LogP) is 2.58. The summed E-state index contributed by atoms with van der Waals surface area (Å²) in [7, 11) is 0. The van der Waals surface area contributed by atoms with E-state index >= 15 is 0 Å².